The molecular formula is C38H34N2O3. The van der Waals surface area contributed by atoms with Crippen molar-refractivity contribution in [3.05, 3.63) is 119 Å². The van der Waals surface area contributed by atoms with Crippen LogP contribution in [0.2, 0.25) is 0 Å². The molecule has 0 fully saturated rings. The summed E-state index contributed by atoms with van der Waals surface area (Å²) >= 11 is 0. The van der Waals surface area contributed by atoms with E-state index < -0.39 is 28.2 Å². The van der Waals surface area contributed by atoms with Gasteiger partial charge >= 0.3 is 0 Å². The minimum atomic E-state index is -0.740. The molecule has 1 aliphatic carbocycles. The van der Waals surface area contributed by atoms with E-state index in [4.69, 9.17) is 0 Å². The summed E-state index contributed by atoms with van der Waals surface area (Å²) in [6.07, 6.45) is 3.33. The lowest BCUT2D eigenvalue weighted by Gasteiger charge is -2.27. The molecule has 0 N–H and O–H groups in total. The summed E-state index contributed by atoms with van der Waals surface area (Å²) in [7, 11) is 1.96. The summed E-state index contributed by atoms with van der Waals surface area (Å²) in [4.78, 5) is 29.1. The fourth-order valence-corrected chi connectivity index (χ4v) is 7.44. The standard InChI is InChI=1S/C38H34N2O3/c1-7-40-31(38(4,5)29-19-17-23-13-9-11-15-25(23)33(29)40)21-27-34(41)26(35(42)36(27)43)20-30-37(2,3)28-18-16-22-12-8-10-14-24(22)32(28)39(30)6/h8-21H,7H2,1-6H3. The molecule has 0 radical (unpaired) electrons. The first-order valence-electron chi connectivity index (χ1n) is 14.9. The van der Waals surface area contributed by atoms with Gasteiger partial charge in [0.15, 0.2) is 5.71 Å². The van der Waals surface area contributed by atoms with E-state index in [0.29, 0.717) is 6.54 Å². The van der Waals surface area contributed by atoms with Crippen LogP contribution in [-0.4, -0.2) is 35.4 Å². The zero-order valence-electron chi connectivity index (χ0n) is 25.4. The van der Waals surface area contributed by atoms with Crippen molar-refractivity contribution in [2.45, 2.75) is 45.4 Å². The molecule has 0 saturated heterocycles. The fourth-order valence-electron chi connectivity index (χ4n) is 7.44. The molecule has 5 nitrogen and oxygen atoms in total. The van der Waals surface area contributed by atoms with Gasteiger partial charge in [0.25, 0.3) is 0 Å². The summed E-state index contributed by atoms with van der Waals surface area (Å²) in [6.45, 7) is 11.1. The van der Waals surface area contributed by atoms with Crippen molar-refractivity contribution >= 4 is 50.2 Å². The molecule has 0 unspecified atom stereocenters. The summed E-state index contributed by atoms with van der Waals surface area (Å²) < 4.78 is 2.06. The molecule has 4 aromatic carbocycles. The third-order valence-corrected chi connectivity index (χ3v) is 9.75. The van der Waals surface area contributed by atoms with Gasteiger partial charge in [-0.1, -0.05) is 86.3 Å². The lowest BCUT2D eigenvalue weighted by molar-refractivity contribution is -0.399. The molecule has 0 aromatic heterocycles. The Bertz CT molecular complexity index is 2070. The third kappa shape index (κ3) is 3.60. The molecule has 0 amide bonds. The Kier molecular flexibility index (Phi) is 5.74. The van der Waals surface area contributed by atoms with E-state index in [1.54, 1.807) is 12.2 Å². The molecule has 0 saturated carbocycles. The number of nitrogens with zero attached hydrogens (tertiary/aromatic N) is 2. The van der Waals surface area contributed by atoms with Gasteiger partial charge in [-0.15, -0.1) is 0 Å². The maximum atomic E-state index is 14.0. The van der Waals surface area contributed by atoms with Crippen LogP contribution in [0.4, 0.5) is 11.4 Å². The Morgan fingerprint density at radius 2 is 1.37 bits per heavy atom. The van der Waals surface area contributed by atoms with Gasteiger partial charge in [0.05, 0.1) is 16.5 Å². The number of fused-ring (bicyclic) bond motifs is 6. The summed E-state index contributed by atoms with van der Waals surface area (Å²) in [5, 5.41) is 18.4. The first-order valence-corrected chi connectivity index (χ1v) is 14.9. The molecule has 3 aliphatic rings. The second-order valence-corrected chi connectivity index (χ2v) is 12.8. The second-order valence-electron chi connectivity index (χ2n) is 12.8. The Labute approximate surface area is 251 Å². The van der Waals surface area contributed by atoms with Gasteiger partial charge in [0.1, 0.15) is 7.05 Å². The van der Waals surface area contributed by atoms with E-state index in [1.807, 2.05) is 31.3 Å². The summed E-state index contributed by atoms with van der Waals surface area (Å²) in [6, 6.07) is 24.9. The SMILES string of the molecule is CCN1/C(=C\C2=C([O-])C(=C/C3=[N+](C)c4c(ccc5ccccc45)C3(C)C)/C(=O)C2=O)C(C)(C)c2ccc3ccccc3c21. The molecule has 7 rings (SSSR count). The van der Waals surface area contributed by atoms with Crippen LogP contribution in [0.15, 0.2) is 108 Å². The first kappa shape index (κ1) is 27.1. The predicted molar refractivity (Wildman–Crippen MR) is 171 cm³/mol. The Balaban J connectivity index is 1.38. The van der Waals surface area contributed by atoms with E-state index in [0.717, 1.165) is 55.5 Å². The van der Waals surface area contributed by atoms with Crippen LogP contribution in [0.3, 0.4) is 0 Å². The molecule has 0 bridgehead atoms. The van der Waals surface area contributed by atoms with E-state index in [9.17, 15) is 14.7 Å². The van der Waals surface area contributed by atoms with Crippen molar-refractivity contribution in [3.63, 3.8) is 0 Å². The number of rotatable bonds is 3. The Hall–Kier alpha value is -4.77. The van der Waals surface area contributed by atoms with Gasteiger partial charge in [0.2, 0.25) is 17.3 Å². The lowest BCUT2D eigenvalue weighted by atomic mass is 9.80. The number of ketones is 2. The second kappa shape index (κ2) is 9.11. The van der Waals surface area contributed by atoms with Crippen molar-refractivity contribution < 1.29 is 19.3 Å². The zero-order valence-corrected chi connectivity index (χ0v) is 25.4. The number of anilines is 1. The topological polar surface area (TPSA) is 63.4 Å². The van der Waals surface area contributed by atoms with Crippen molar-refractivity contribution in [2.24, 2.45) is 0 Å². The minimum absolute atomic E-state index is 0.0584. The monoisotopic (exact) mass is 566 g/mol. The number of carbonyl (C=O) groups is 2. The van der Waals surface area contributed by atoms with Gasteiger partial charge in [-0.3, -0.25) is 9.59 Å². The largest absolute Gasteiger partial charge is 0.871 e. The van der Waals surface area contributed by atoms with Crippen molar-refractivity contribution in [2.75, 3.05) is 18.5 Å². The lowest BCUT2D eigenvalue weighted by Crippen LogP contribution is -2.28. The highest BCUT2D eigenvalue weighted by atomic mass is 16.3. The van der Waals surface area contributed by atoms with Crippen molar-refractivity contribution in [1.29, 1.82) is 0 Å². The van der Waals surface area contributed by atoms with Crippen LogP contribution in [0.5, 0.6) is 0 Å². The number of Topliss-reactive ketones (excluding diaryl/α,β-unsaturated/α-hetero) is 2. The van der Waals surface area contributed by atoms with E-state index in [2.05, 4.69) is 92.6 Å². The van der Waals surface area contributed by atoms with E-state index in [-0.39, 0.29) is 11.1 Å². The summed E-state index contributed by atoms with van der Waals surface area (Å²) in [5.41, 5.74) is 4.99. The molecule has 2 aliphatic heterocycles. The van der Waals surface area contributed by atoms with Gasteiger partial charge in [-0.2, -0.15) is 4.58 Å². The number of hydrogen-bond acceptors (Lipinski definition) is 4. The molecule has 2 heterocycles. The molecule has 4 aromatic rings. The maximum absolute atomic E-state index is 14.0. The average molecular weight is 567 g/mol. The molecule has 5 heteroatoms. The zero-order chi connectivity index (χ0) is 30.4. The average Bonchev–Trinajstić information content (AvgIpc) is 3.44. The van der Waals surface area contributed by atoms with Crippen molar-refractivity contribution in [1.82, 2.24) is 0 Å². The maximum Gasteiger partial charge on any atom is 0.233 e. The normalized spacial score (nSPS) is 20.8. The highest BCUT2D eigenvalue weighted by Crippen LogP contribution is 2.51. The van der Waals surface area contributed by atoms with Crippen molar-refractivity contribution in [3.8, 4) is 0 Å². The minimum Gasteiger partial charge on any atom is -0.871 e. The molecule has 214 valence electrons. The van der Waals surface area contributed by atoms with Crippen LogP contribution >= 0.6 is 0 Å². The smallest absolute Gasteiger partial charge is 0.233 e. The first-order chi connectivity index (χ1) is 20.5. The van der Waals surface area contributed by atoms with Crippen LogP contribution in [0, 0.1) is 0 Å². The molecule has 0 atom stereocenters. The quantitative estimate of drug-likeness (QED) is 0.164. The third-order valence-electron chi connectivity index (χ3n) is 9.75. The van der Waals surface area contributed by atoms with Gasteiger partial charge < -0.3 is 10.0 Å². The van der Waals surface area contributed by atoms with Crippen LogP contribution in [-0.2, 0) is 20.4 Å². The van der Waals surface area contributed by atoms with Gasteiger partial charge in [0, 0.05) is 45.8 Å². The molecule has 0 spiro atoms. The number of likely N-dealkylation sites (N-methyl/N-ethyl adjacent to an activating group) is 1. The van der Waals surface area contributed by atoms with Gasteiger partial charge in [-0.25, -0.2) is 0 Å². The number of carbonyl (C=O) groups excluding carboxylic acids is 2. The highest BCUT2D eigenvalue weighted by Gasteiger charge is 2.46. The predicted octanol–water partition coefficient (Wildman–Crippen LogP) is 6.39. The van der Waals surface area contributed by atoms with Crippen LogP contribution < -0.4 is 10.0 Å². The summed E-state index contributed by atoms with van der Waals surface area (Å²) in [5.74, 6) is -1.98. The van der Waals surface area contributed by atoms with Crippen LogP contribution in [0.1, 0.15) is 45.7 Å². The molecule has 43 heavy (non-hydrogen) atoms. The van der Waals surface area contributed by atoms with E-state index >= 15 is 0 Å². The number of benzene rings is 4. The van der Waals surface area contributed by atoms with Gasteiger partial charge in [-0.05, 0) is 49.2 Å². The molecular weight excluding hydrogens is 532 g/mol. The Morgan fingerprint density at radius 3 is 2.05 bits per heavy atom. The Morgan fingerprint density at radius 1 is 0.767 bits per heavy atom. The number of allylic oxidation sites excluding steroid dienone is 5. The van der Waals surface area contributed by atoms with E-state index in [1.165, 1.54) is 0 Å². The fraction of sp³-hybridized carbons (Fsp3) is 0.237. The van der Waals surface area contributed by atoms with Crippen LogP contribution in [0.25, 0.3) is 21.5 Å². The highest BCUT2D eigenvalue weighted by molar-refractivity contribution is 6.54. The number of hydrogen-bond donors (Lipinski definition) is 0.